The number of carbonyl (C=O) groups excluding carboxylic acids is 2. The van der Waals surface area contributed by atoms with Crippen LogP contribution in [0.15, 0.2) is 35.4 Å². The molecule has 1 aromatic carbocycles. The zero-order valence-electron chi connectivity index (χ0n) is 14.2. The van der Waals surface area contributed by atoms with E-state index in [4.69, 9.17) is 0 Å². The zero-order valence-corrected chi connectivity index (χ0v) is 14.2. The maximum absolute atomic E-state index is 12.3. The SMILES string of the molecule is C[C@@H]1CCCC[C@@H]1NC(=O)CN1N=C(c2ccccc2)CCC1=O. The standard InChI is InChI=1S/C19H25N3O2/c1-14-7-5-6-10-16(14)20-18(23)13-22-19(24)12-11-17(21-22)15-8-3-2-4-9-15/h2-4,8-9,14,16H,5-7,10-13H2,1H3,(H,20,23)/t14-,16+/m1/s1. The number of nitrogens with zero attached hydrogens (tertiary/aromatic N) is 2. The number of hydrogen-bond acceptors (Lipinski definition) is 3. The molecule has 0 bridgehead atoms. The van der Waals surface area contributed by atoms with Crippen LogP contribution >= 0.6 is 0 Å². The van der Waals surface area contributed by atoms with Gasteiger partial charge in [0.15, 0.2) is 0 Å². The van der Waals surface area contributed by atoms with Gasteiger partial charge in [0.25, 0.3) is 0 Å². The number of amides is 2. The quantitative estimate of drug-likeness (QED) is 0.924. The summed E-state index contributed by atoms with van der Waals surface area (Å²) in [5, 5.41) is 8.84. The lowest BCUT2D eigenvalue weighted by molar-refractivity contribution is -0.136. The van der Waals surface area contributed by atoms with Crippen LogP contribution in [0, 0.1) is 5.92 Å². The van der Waals surface area contributed by atoms with Crippen LogP contribution in [0.4, 0.5) is 0 Å². The molecule has 5 nitrogen and oxygen atoms in total. The Morgan fingerprint density at radius 3 is 2.71 bits per heavy atom. The van der Waals surface area contributed by atoms with Gasteiger partial charge in [-0.15, -0.1) is 0 Å². The average molecular weight is 327 g/mol. The third-order valence-corrected chi connectivity index (χ3v) is 4.96. The van der Waals surface area contributed by atoms with Crippen LogP contribution in [0.1, 0.15) is 51.0 Å². The van der Waals surface area contributed by atoms with Crippen molar-refractivity contribution in [1.82, 2.24) is 10.3 Å². The molecule has 2 atom stereocenters. The monoisotopic (exact) mass is 327 g/mol. The molecule has 0 saturated heterocycles. The fourth-order valence-corrected chi connectivity index (χ4v) is 3.48. The first-order chi connectivity index (χ1) is 11.6. The minimum absolute atomic E-state index is 0.0123. The fourth-order valence-electron chi connectivity index (χ4n) is 3.48. The normalized spacial score (nSPS) is 24.5. The maximum atomic E-state index is 12.3. The molecular formula is C19H25N3O2. The van der Waals surface area contributed by atoms with Crippen LogP contribution in [0.25, 0.3) is 0 Å². The first kappa shape index (κ1) is 16.7. The van der Waals surface area contributed by atoms with E-state index in [1.807, 2.05) is 30.3 Å². The molecule has 24 heavy (non-hydrogen) atoms. The molecule has 0 unspecified atom stereocenters. The first-order valence-corrected chi connectivity index (χ1v) is 8.86. The molecule has 1 aromatic rings. The summed E-state index contributed by atoms with van der Waals surface area (Å²) in [6, 6.07) is 10.1. The molecule has 5 heteroatoms. The molecule has 128 valence electrons. The minimum atomic E-state index is -0.111. The van der Waals surface area contributed by atoms with Gasteiger partial charge in [0.05, 0.1) is 5.71 Å². The molecule has 3 rings (SSSR count). The van der Waals surface area contributed by atoms with Gasteiger partial charge in [0.1, 0.15) is 6.54 Å². The second-order valence-corrected chi connectivity index (χ2v) is 6.80. The van der Waals surface area contributed by atoms with Gasteiger partial charge < -0.3 is 5.32 Å². The minimum Gasteiger partial charge on any atom is -0.351 e. The highest BCUT2D eigenvalue weighted by molar-refractivity contribution is 6.04. The van der Waals surface area contributed by atoms with Crippen molar-refractivity contribution in [2.24, 2.45) is 11.0 Å². The van der Waals surface area contributed by atoms with E-state index in [2.05, 4.69) is 17.3 Å². The van der Waals surface area contributed by atoms with Gasteiger partial charge in [-0.2, -0.15) is 5.10 Å². The van der Waals surface area contributed by atoms with Crippen molar-refractivity contribution in [3.05, 3.63) is 35.9 Å². The van der Waals surface area contributed by atoms with Gasteiger partial charge in [-0.1, -0.05) is 50.1 Å². The first-order valence-electron chi connectivity index (χ1n) is 8.86. The summed E-state index contributed by atoms with van der Waals surface area (Å²) in [5.41, 5.74) is 1.88. The summed E-state index contributed by atoms with van der Waals surface area (Å²) in [6.45, 7) is 2.19. The van der Waals surface area contributed by atoms with Gasteiger partial charge in [0, 0.05) is 18.9 Å². The van der Waals surface area contributed by atoms with Gasteiger partial charge in [-0.3, -0.25) is 9.59 Å². The Morgan fingerprint density at radius 2 is 1.96 bits per heavy atom. The molecule has 1 fully saturated rings. The number of nitrogens with one attached hydrogen (secondary N) is 1. The Balaban J connectivity index is 1.64. The summed E-state index contributed by atoms with van der Waals surface area (Å²) >= 11 is 0. The molecular weight excluding hydrogens is 302 g/mol. The van der Waals surface area contributed by atoms with Crippen LogP contribution in [0.3, 0.4) is 0 Å². The molecule has 2 amide bonds. The topological polar surface area (TPSA) is 61.8 Å². The van der Waals surface area contributed by atoms with Crippen molar-refractivity contribution in [1.29, 1.82) is 0 Å². The zero-order chi connectivity index (χ0) is 16.9. The van der Waals surface area contributed by atoms with Crippen molar-refractivity contribution in [2.75, 3.05) is 6.54 Å². The van der Waals surface area contributed by atoms with E-state index >= 15 is 0 Å². The van der Waals surface area contributed by atoms with E-state index in [0.717, 1.165) is 30.5 Å². The third-order valence-electron chi connectivity index (χ3n) is 4.96. The Hall–Kier alpha value is -2.17. The van der Waals surface area contributed by atoms with Gasteiger partial charge in [-0.05, 0) is 24.3 Å². The Kier molecular flexibility index (Phi) is 5.28. The predicted octanol–water partition coefficient (Wildman–Crippen LogP) is 2.71. The average Bonchev–Trinajstić information content (AvgIpc) is 2.60. The largest absolute Gasteiger partial charge is 0.351 e. The van der Waals surface area contributed by atoms with E-state index in [9.17, 15) is 9.59 Å². The van der Waals surface area contributed by atoms with E-state index < -0.39 is 0 Å². The Bertz CT molecular complexity index is 627. The van der Waals surface area contributed by atoms with Crippen molar-refractivity contribution in [3.63, 3.8) is 0 Å². The van der Waals surface area contributed by atoms with Crippen LogP contribution in [-0.2, 0) is 9.59 Å². The van der Waals surface area contributed by atoms with E-state index in [1.165, 1.54) is 11.4 Å². The number of hydrogen-bond donors (Lipinski definition) is 1. The highest BCUT2D eigenvalue weighted by Crippen LogP contribution is 2.23. The summed E-state index contributed by atoms with van der Waals surface area (Å²) < 4.78 is 0. The van der Waals surface area contributed by atoms with E-state index in [0.29, 0.717) is 18.8 Å². The number of rotatable bonds is 4. The van der Waals surface area contributed by atoms with Crippen molar-refractivity contribution in [2.45, 2.75) is 51.5 Å². The van der Waals surface area contributed by atoms with Crippen LogP contribution < -0.4 is 5.32 Å². The second kappa shape index (κ2) is 7.60. The van der Waals surface area contributed by atoms with Crippen LogP contribution in [-0.4, -0.2) is 35.1 Å². The molecule has 1 aliphatic heterocycles. The van der Waals surface area contributed by atoms with E-state index in [-0.39, 0.29) is 24.4 Å². The van der Waals surface area contributed by atoms with Crippen LogP contribution in [0.2, 0.25) is 0 Å². The molecule has 1 saturated carbocycles. The Labute approximate surface area is 143 Å². The summed E-state index contributed by atoms with van der Waals surface area (Å²) in [5.74, 6) is 0.310. The van der Waals surface area contributed by atoms with Gasteiger partial charge >= 0.3 is 0 Å². The summed E-state index contributed by atoms with van der Waals surface area (Å²) in [4.78, 5) is 24.4. The molecule has 0 radical (unpaired) electrons. The summed E-state index contributed by atoms with van der Waals surface area (Å²) in [6.07, 6.45) is 5.61. The fraction of sp³-hybridized carbons (Fsp3) is 0.526. The van der Waals surface area contributed by atoms with Crippen molar-refractivity contribution in [3.8, 4) is 0 Å². The molecule has 1 aliphatic carbocycles. The predicted molar refractivity (Wildman–Crippen MR) is 93.5 cm³/mol. The highest BCUT2D eigenvalue weighted by atomic mass is 16.2. The summed E-state index contributed by atoms with van der Waals surface area (Å²) in [7, 11) is 0. The smallest absolute Gasteiger partial charge is 0.243 e. The lowest BCUT2D eigenvalue weighted by Crippen LogP contribution is -2.46. The second-order valence-electron chi connectivity index (χ2n) is 6.80. The third kappa shape index (κ3) is 4.02. The molecule has 1 heterocycles. The van der Waals surface area contributed by atoms with Crippen molar-refractivity contribution < 1.29 is 9.59 Å². The lowest BCUT2D eigenvalue weighted by atomic mass is 9.86. The van der Waals surface area contributed by atoms with Gasteiger partial charge in [-0.25, -0.2) is 5.01 Å². The van der Waals surface area contributed by atoms with Crippen molar-refractivity contribution >= 4 is 17.5 Å². The Morgan fingerprint density at radius 1 is 1.21 bits per heavy atom. The lowest BCUT2D eigenvalue weighted by Gasteiger charge is -2.30. The number of hydrazone groups is 1. The van der Waals surface area contributed by atoms with E-state index in [1.54, 1.807) is 0 Å². The maximum Gasteiger partial charge on any atom is 0.243 e. The highest BCUT2D eigenvalue weighted by Gasteiger charge is 2.26. The molecule has 2 aliphatic rings. The molecule has 0 aromatic heterocycles. The molecule has 0 spiro atoms. The number of benzene rings is 1. The van der Waals surface area contributed by atoms with Gasteiger partial charge in [0.2, 0.25) is 11.8 Å². The number of carbonyl (C=O) groups is 2. The molecule has 1 N–H and O–H groups in total. The van der Waals surface area contributed by atoms with Crippen LogP contribution in [0.5, 0.6) is 0 Å².